The Kier molecular flexibility index (Phi) is 2.72. The van der Waals surface area contributed by atoms with Crippen LogP contribution in [0.1, 0.15) is 63.0 Å². The van der Waals surface area contributed by atoms with E-state index in [2.05, 4.69) is 30.3 Å². The van der Waals surface area contributed by atoms with Crippen LogP contribution in [0.4, 0.5) is 5.82 Å². The van der Waals surface area contributed by atoms with E-state index in [9.17, 15) is 0 Å². The van der Waals surface area contributed by atoms with Crippen LogP contribution < -0.4 is 5.73 Å². The first-order chi connectivity index (χ1) is 7.11. The number of hydrogen-bond acceptors (Lipinski definition) is 2. The van der Waals surface area contributed by atoms with E-state index in [1.165, 1.54) is 25.7 Å². The van der Waals surface area contributed by atoms with Crippen molar-refractivity contribution < 1.29 is 0 Å². The van der Waals surface area contributed by atoms with Gasteiger partial charge in [-0.3, -0.25) is 0 Å². The first kappa shape index (κ1) is 10.5. The van der Waals surface area contributed by atoms with Gasteiger partial charge in [-0.25, -0.2) is 4.98 Å². The van der Waals surface area contributed by atoms with Gasteiger partial charge in [0.05, 0.1) is 5.69 Å². The van der Waals surface area contributed by atoms with Crippen LogP contribution in [0.15, 0.2) is 0 Å². The van der Waals surface area contributed by atoms with E-state index < -0.39 is 0 Å². The number of imidazole rings is 1. The smallest absolute Gasteiger partial charge is 0.127 e. The Balaban J connectivity index is 2.36. The van der Waals surface area contributed by atoms with Crippen molar-refractivity contribution in [2.45, 2.75) is 58.4 Å². The van der Waals surface area contributed by atoms with Crippen LogP contribution in [0.3, 0.4) is 0 Å². The molecular formula is C12H21N3. The number of nitrogens with zero attached hydrogens (tertiary/aromatic N) is 2. The summed E-state index contributed by atoms with van der Waals surface area (Å²) >= 11 is 0. The molecule has 1 heterocycles. The minimum absolute atomic E-state index is 0.410. The molecule has 1 aromatic rings. The molecule has 0 saturated heterocycles. The summed E-state index contributed by atoms with van der Waals surface area (Å²) in [7, 11) is 0. The maximum absolute atomic E-state index is 6.19. The molecule has 15 heavy (non-hydrogen) atoms. The summed E-state index contributed by atoms with van der Waals surface area (Å²) in [5.41, 5.74) is 7.34. The van der Waals surface area contributed by atoms with Gasteiger partial charge in [-0.1, -0.05) is 12.8 Å². The van der Waals surface area contributed by atoms with E-state index in [0.29, 0.717) is 12.0 Å². The molecule has 1 saturated carbocycles. The van der Waals surface area contributed by atoms with Gasteiger partial charge in [0.15, 0.2) is 0 Å². The third-order valence-corrected chi connectivity index (χ3v) is 3.41. The second kappa shape index (κ2) is 3.87. The molecule has 0 amide bonds. The molecule has 3 heteroatoms. The molecule has 1 aliphatic carbocycles. The summed E-state index contributed by atoms with van der Waals surface area (Å²) < 4.78 is 2.15. The average molecular weight is 207 g/mol. The normalized spacial score (nSPS) is 17.9. The molecule has 3 nitrogen and oxygen atoms in total. The molecule has 0 aromatic carbocycles. The van der Waals surface area contributed by atoms with Crippen molar-refractivity contribution >= 4 is 5.82 Å². The van der Waals surface area contributed by atoms with Crippen molar-refractivity contribution in [3.05, 3.63) is 11.5 Å². The highest BCUT2D eigenvalue weighted by Crippen LogP contribution is 2.37. The van der Waals surface area contributed by atoms with E-state index in [1.54, 1.807) is 0 Å². The van der Waals surface area contributed by atoms with Crippen LogP contribution in [0.25, 0.3) is 0 Å². The van der Waals surface area contributed by atoms with Gasteiger partial charge >= 0.3 is 0 Å². The molecule has 1 aromatic heterocycles. The predicted octanol–water partition coefficient (Wildman–Crippen LogP) is 3.01. The number of nitrogens with two attached hydrogens (primary N) is 1. The van der Waals surface area contributed by atoms with Gasteiger partial charge in [0.25, 0.3) is 0 Å². The Bertz CT molecular complexity index is 346. The molecule has 0 spiro atoms. The van der Waals surface area contributed by atoms with Crippen LogP contribution in [0.2, 0.25) is 0 Å². The van der Waals surface area contributed by atoms with Gasteiger partial charge in [-0.05, 0) is 33.6 Å². The van der Waals surface area contributed by atoms with Gasteiger partial charge < -0.3 is 10.3 Å². The Labute approximate surface area is 91.7 Å². The van der Waals surface area contributed by atoms with Crippen molar-refractivity contribution in [1.29, 1.82) is 0 Å². The largest absolute Gasteiger partial charge is 0.384 e. The molecule has 84 valence electrons. The number of rotatable bonds is 2. The monoisotopic (exact) mass is 207 g/mol. The van der Waals surface area contributed by atoms with Gasteiger partial charge in [0.1, 0.15) is 11.6 Å². The topological polar surface area (TPSA) is 43.8 Å². The second-order valence-electron chi connectivity index (χ2n) is 4.87. The van der Waals surface area contributed by atoms with E-state index in [4.69, 9.17) is 5.73 Å². The van der Waals surface area contributed by atoms with Gasteiger partial charge in [-0.15, -0.1) is 0 Å². The third kappa shape index (κ3) is 1.75. The van der Waals surface area contributed by atoms with E-state index in [0.717, 1.165) is 17.3 Å². The number of anilines is 1. The SMILES string of the molecule is Cc1nc(C2CCCC2)c(N)n1C(C)C. The van der Waals surface area contributed by atoms with Crippen LogP contribution >= 0.6 is 0 Å². The van der Waals surface area contributed by atoms with Crippen molar-refractivity contribution in [3.63, 3.8) is 0 Å². The average Bonchev–Trinajstić information content (AvgIpc) is 2.72. The summed E-state index contributed by atoms with van der Waals surface area (Å²) in [6, 6.07) is 0.410. The molecule has 2 rings (SSSR count). The highest BCUT2D eigenvalue weighted by molar-refractivity contribution is 5.41. The fourth-order valence-corrected chi connectivity index (χ4v) is 2.73. The zero-order chi connectivity index (χ0) is 11.0. The van der Waals surface area contributed by atoms with E-state index in [1.807, 2.05) is 0 Å². The van der Waals surface area contributed by atoms with Crippen LogP contribution in [-0.4, -0.2) is 9.55 Å². The lowest BCUT2D eigenvalue weighted by Crippen LogP contribution is -2.08. The summed E-state index contributed by atoms with van der Waals surface area (Å²) in [6.45, 7) is 6.36. The minimum Gasteiger partial charge on any atom is -0.384 e. The fraction of sp³-hybridized carbons (Fsp3) is 0.750. The van der Waals surface area contributed by atoms with Crippen molar-refractivity contribution in [2.75, 3.05) is 5.73 Å². The van der Waals surface area contributed by atoms with Crippen LogP contribution in [0, 0.1) is 6.92 Å². The molecule has 1 aliphatic rings. The first-order valence-corrected chi connectivity index (χ1v) is 5.95. The quantitative estimate of drug-likeness (QED) is 0.810. The first-order valence-electron chi connectivity index (χ1n) is 5.95. The molecule has 0 radical (unpaired) electrons. The van der Waals surface area contributed by atoms with Gasteiger partial charge in [0.2, 0.25) is 0 Å². The molecule has 0 atom stereocenters. The Morgan fingerprint density at radius 3 is 2.40 bits per heavy atom. The van der Waals surface area contributed by atoms with E-state index >= 15 is 0 Å². The molecule has 2 N–H and O–H groups in total. The highest BCUT2D eigenvalue weighted by Gasteiger charge is 2.24. The number of nitrogen functional groups attached to an aromatic ring is 1. The summed E-state index contributed by atoms with van der Waals surface area (Å²) in [4.78, 5) is 4.65. The van der Waals surface area contributed by atoms with E-state index in [-0.39, 0.29) is 0 Å². The zero-order valence-electron chi connectivity index (χ0n) is 9.95. The minimum atomic E-state index is 0.410. The summed E-state index contributed by atoms with van der Waals surface area (Å²) in [5.74, 6) is 2.57. The lowest BCUT2D eigenvalue weighted by atomic mass is 10.0. The highest BCUT2D eigenvalue weighted by atomic mass is 15.2. The summed E-state index contributed by atoms with van der Waals surface area (Å²) in [5, 5.41) is 0. The molecular weight excluding hydrogens is 186 g/mol. The lowest BCUT2D eigenvalue weighted by molar-refractivity contribution is 0.589. The second-order valence-corrected chi connectivity index (χ2v) is 4.87. The van der Waals surface area contributed by atoms with Crippen LogP contribution in [0.5, 0.6) is 0 Å². The predicted molar refractivity (Wildman–Crippen MR) is 63.0 cm³/mol. The van der Waals surface area contributed by atoms with Crippen molar-refractivity contribution in [1.82, 2.24) is 9.55 Å². The van der Waals surface area contributed by atoms with Crippen molar-refractivity contribution in [2.24, 2.45) is 0 Å². The molecule has 0 bridgehead atoms. The van der Waals surface area contributed by atoms with Crippen LogP contribution in [-0.2, 0) is 0 Å². The fourth-order valence-electron chi connectivity index (χ4n) is 2.73. The van der Waals surface area contributed by atoms with Crippen molar-refractivity contribution in [3.8, 4) is 0 Å². The number of hydrogen-bond donors (Lipinski definition) is 1. The Morgan fingerprint density at radius 1 is 1.33 bits per heavy atom. The maximum atomic E-state index is 6.19. The third-order valence-electron chi connectivity index (χ3n) is 3.41. The number of aromatic nitrogens is 2. The zero-order valence-corrected chi connectivity index (χ0v) is 9.95. The number of aryl methyl sites for hydroxylation is 1. The van der Waals surface area contributed by atoms with Gasteiger partial charge in [-0.2, -0.15) is 0 Å². The maximum Gasteiger partial charge on any atom is 0.127 e. The molecule has 0 unspecified atom stereocenters. The lowest BCUT2D eigenvalue weighted by Gasteiger charge is -2.12. The van der Waals surface area contributed by atoms with Gasteiger partial charge in [0, 0.05) is 12.0 Å². The Morgan fingerprint density at radius 2 is 1.93 bits per heavy atom. The Hall–Kier alpha value is -0.990. The standard InChI is InChI=1S/C12H21N3/c1-8(2)15-9(3)14-11(12(15)13)10-6-4-5-7-10/h8,10H,4-7,13H2,1-3H3. The molecule has 0 aliphatic heterocycles. The summed E-state index contributed by atoms with van der Waals surface area (Å²) in [6.07, 6.45) is 5.19. The molecule has 1 fully saturated rings.